The van der Waals surface area contributed by atoms with E-state index in [0.29, 0.717) is 22.3 Å². The molecule has 0 amide bonds. The number of nitrogens with zero attached hydrogens (tertiary/aromatic N) is 6. The number of carbonyl (C=O) groups excluding carboxylic acids is 2. The lowest BCUT2D eigenvalue weighted by Crippen LogP contribution is -2.53. The summed E-state index contributed by atoms with van der Waals surface area (Å²) in [6.07, 6.45) is 3.25. The van der Waals surface area contributed by atoms with Crippen molar-refractivity contribution in [2.75, 3.05) is 13.1 Å². The molecule has 2 fully saturated rings. The van der Waals surface area contributed by atoms with Gasteiger partial charge in [0.05, 0.1) is 0 Å². The Bertz CT molecular complexity index is 1950. The van der Waals surface area contributed by atoms with Gasteiger partial charge in [-0.15, -0.1) is 23.4 Å². The second kappa shape index (κ2) is 9.06. The highest BCUT2D eigenvalue weighted by molar-refractivity contribution is 8.16. The van der Waals surface area contributed by atoms with Crippen molar-refractivity contribution in [2.45, 2.75) is 20.9 Å². The van der Waals surface area contributed by atoms with Gasteiger partial charge in [0.15, 0.2) is 31.4 Å². The molecule has 4 heterocycles. The lowest BCUT2D eigenvalue weighted by atomic mass is 9.88. The number of nitrogens with two attached hydrogens (primary N) is 2. The van der Waals surface area contributed by atoms with Crippen LogP contribution in [0.3, 0.4) is 0 Å². The number of fused-ring (bicyclic) bond motifs is 2. The van der Waals surface area contributed by atoms with Crippen LogP contribution in [0.5, 0.6) is 0 Å². The average molecular weight is 647 g/mol. The van der Waals surface area contributed by atoms with Crippen molar-refractivity contribution in [3.8, 4) is 12.1 Å². The summed E-state index contributed by atoms with van der Waals surface area (Å²) in [6, 6.07) is 18.2. The third-order valence-electron chi connectivity index (χ3n) is 9.16. The van der Waals surface area contributed by atoms with Crippen molar-refractivity contribution in [3.05, 3.63) is 119 Å². The van der Waals surface area contributed by atoms with Gasteiger partial charge < -0.3 is 30.7 Å². The summed E-state index contributed by atoms with van der Waals surface area (Å²) in [4.78, 5) is 31.8. The SMILES string of the molecule is C=CCN1C(=N/N=C2/S[C@]34C(=O)c5ccccc5[C@]3(OC(N)=C4C#N)N2CC=C)S[C@]23C(=O)c4ccccc4[C@]12OC(N)=C3C#N. The van der Waals surface area contributed by atoms with Gasteiger partial charge in [0.25, 0.3) is 0 Å². The number of nitriles is 2. The second-order valence-electron chi connectivity index (χ2n) is 11.1. The largest absolute Gasteiger partial charge is 0.445 e. The molecule has 0 bridgehead atoms. The lowest BCUT2D eigenvalue weighted by molar-refractivity contribution is -0.0776. The molecule has 0 radical (unpaired) electrons. The number of ether oxygens (including phenoxy) is 2. The first-order chi connectivity index (χ1) is 22.2. The topological polar surface area (TPSA) is 183 Å². The van der Waals surface area contributed by atoms with Crippen molar-refractivity contribution in [2.24, 2.45) is 21.7 Å². The molecule has 0 saturated carbocycles. The van der Waals surface area contributed by atoms with Gasteiger partial charge >= 0.3 is 0 Å². The van der Waals surface area contributed by atoms with Crippen LogP contribution in [-0.4, -0.2) is 54.3 Å². The highest BCUT2D eigenvalue weighted by Crippen LogP contribution is 2.69. The van der Waals surface area contributed by atoms with Gasteiger partial charge in [0, 0.05) is 35.3 Å². The van der Waals surface area contributed by atoms with E-state index in [1.807, 2.05) is 0 Å². The maximum Gasteiger partial charge on any atom is 0.241 e. The van der Waals surface area contributed by atoms with Crippen LogP contribution >= 0.6 is 23.5 Å². The van der Waals surface area contributed by atoms with Crippen LogP contribution in [0.2, 0.25) is 0 Å². The first-order valence-corrected chi connectivity index (χ1v) is 15.7. The Morgan fingerprint density at radius 2 is 1.15 bits per heavy atom. The summed E-state index contributed by atoms with van der Waals surface area (Å²) in [5.74, 6) is -0.945. The monoisotopic (exact) mass is 646 g/mol. The van der Waals surface area contributed by atoms with E-state index in [-0.39, 0.29) is 57.9 Å². The van der Waals surface area contributed by atoms with Crippen molar-refractivity contribution < 1.29 is 19.1 Å². The smallest absolute Gasteiger partial charge is 0.241 e. The number of rotatable bonds is 5. The Morgan fingerprint density at radius 3 is 1.52 bits per heavy atom. The van der Waals surface area contributed by atoms with Crippen LogP contribution in [-0.2, 0) is 20.9 Å². The van der Waals surface area contributed by atoms with Crippen LogP contribution in [0, 0.1) is 22.7 Å². The molecule has 12 nitrogen and oxygen atoms in total. The highest BCUT2D eigenvalue weighted by atomic mass is 32.2. The van der Waals surface area contributed by atoms with Gasteiger partial charge in [-0.05, 0) is 0 Å². The summed E-state index contributed by atoms with van der Waals surface area (Å²) >= 11 is 2.06. The molecule has 4 N–H and O–H groups in total. The predicted molar refractivity (Wildman–Crippen MR) is 170 cm³/mol. The molecule has 226 valence electrons. The fraction of sp³-hybridized carbons (Fsp3) is 0.188. The summed E-state index contributed by atoms with van der Waals surface area (Å²) in [5, 5.41) is 30.3. The van der Waals surface area contributed by atoms with E-state index < -0.39 is 20.9 Å². The zero-order valence-corrected chi connectivity index (χ0v) is 25.5. The number of hydrogen-bond acceptors (Lipinski definition) is 12. The average Bonchev–Trinajstić information content (AvgIpc) is 3.76. The van der Waals surface area contributed by atoms with Gasteiger partial charge in [-0.25, -0.2) is 0 Å². The molecule has 2 saturated heterocycles. The standard InChI is InChI=1S/C32H22N8O4S2/c1-3-13-39-27(45-29-21(15-33)25(35)43-31(29,39)19-11-7-5-9-17(19)23(29)41)37-38-28-40(14-4-2)32-20-12-8-6-10-18(20)24(42)30(32,46-28)22(16-34)26(36)44-32/h3-12H,1-2,13-14,35-36H2/b37-27+,38-28?/t29-,30-,31-,32-/m1/s1. The fourth-order valence-electron chi connectivity index (χ4n) is 7.55. The van der Waals surface area contributed by atoms with Gasteiger partial charge in [0.2, 0.25) is 23.2 Å². The first-order valence-electron chi connectivity index (χ1n) is 14.0. The van der Waals surface area contributed by atoms with Crippen LogP contribution in [0.15, 0.2) is 107 Å². The quantitative estimate of drug-likeness (QED) is 0.358. The Labute approximate surface area is 271 Å². The predicted octanol–water partition coefficient (Wildman–Crippen LogP) is 3.11. The number of ketones is 2. The van der Waals surface area contributed by atoms with E-state index in [4.69, 9.17) is 20.9 Å². The molecule has 46 heavy (non-hydrogen) atoms. The van der Waals surface area contributed by atoms with E-state index in [0.717, 1.165) is 23.5 Å². The molecule has 0 aromatic heterocycles. The van der Waals surface area contributed by atoms with Crippen LogP contribution in [0.4, 0.5) is 0 Å². The fourth-order valence-corrected chi connectivity index (χ4v) is 10.6. The number of hydrogen-bond donors (Lipinski definition) is 2. The van der Waals surface area contributed by atoms with Crippen LogP contribution < -0.4 is 11.5 Å². The number of carbonyl (C=O) groups is 2. The van der Waals surface area contributed by atoms with Crippen molar-refractivity contribution in [1.29, 1.82) is 10.5 Å². The van der Waals surface area contributed by atoms with Crippen molar-refractivity contribution in [3.63, 3.8) is 0 Å². The van der Waals surface area contributed by atoms with E-state index in [1.54, 1.807) is 70.5 Å². The zero-order valence-electron chi connectivity index (χ0n) is 23.9. The van der Waals surface area contributed by atoms with Gasteiger partial charge in [-0.2, -0.15) is 10.5 Å². The van der Waals surface area contributed by atoms with Crippen molar-refractivity contribution >= 4 is 45.4 Å². The minimum atomic E-state index is -1.57. The Hall–Kier alpha value is -5.44. The number of Topliss-reactive ketones (excluding diaryl/α,β-unsaturated/α-hetero) is 2. The number of thioether (sulfide) groups is 2. The highest BCUT2D eigenvalue weighted by Gasteiger charge is 2.81. The Kier molecular flexibility index (Phi) is 5.53. The van der Waals surface area contributed by atoms with Gasteiger partial charge in [-0.1, -0.05) is 84.2 Å². The normalized spacial score (nSPS) is 32.8. The Balaban J connectivity index is 1.32. The molecule has 4 atom stereocenters. The molecule has 4 aliphatic heterocycles. The minimum Gasteiger partial charge on any atom is -0.445 e. The van der Waals surface area contributed by atoms with E-state index >= 15 is 0 Å². The summed E-state index contributed by atoms with van der Waals surface area (Å²) in [7, 11) is 0. The van der Waals surface area contributed by atoms with Crippen LogP contribution in [0.25, 0.3) is 0 Å². The first kappa shape index (κ1) is 28.1. The second-order valence-corrected chi connectivity index (χ2v) is 13.4. The molecule has 2 aromatic rings. The molecule has 0 unspecified atom stereocenters. The maximum absolute atomic E-state index is 14.2. The molecular formula is C32H22N8O4S2. The Morgan fingerprint density at radius 1 is 0.761 bits per heavy atom. The lowest BCUT2D eigenvalue weighted by Gasteiger charge is -2.38. The van der Waals surface area contributed by atoms with Crippen LogP contribution in [0.1, 0.15) is 31.8 Å². The molecule has 2 aromatic carbocycles. The molecular weight excluding hydrogens is 625 g/mol. The van der Waals surface area contributed by atoms with E-state index in [2.05, 4.69) is 35.5 Å². The summed E-state index contributed by atoms with van der Waals surface area (Å²) < 4.78 is 9.49. The van der Waals surface area contributed by atoms with E-state index in [9.17, 15) is 20.1 Å². The molecule has 0 spiro atoms. The maximum atomic E-state index is 14.2. The molecule has 14 heteroatoms. The molecule has 6 aliphatic rings. The third-order valence-corrected chi connectivity index (χ3v) is 12.1. The van der Waals surface area contributed by atoms with Crippen molar-refractivity contribution in [1.82, 2.24) is 9.80 Å². The zero-order chi connectivity index (χ0) is 32.2. The minimum absolute atomic E-state index is 0.00846. The summed E-state index contributed by atoms with van der Waals surface area (Å²) in [6.45, 7) is 8.13. The van der Waals surface area contributed by atoms with E-state index in [1.165, 1.54) is 0 Å². The molecule has 2 aliphatic carbocycles. The molecule has 8 rings (SSSR count). The van der Waals surface area contributed by atoms with Gasteiger partial charge in [0.1, 0.15) is 23.3 Å². The summed E-state index contributed by atoms with van der Waals surface area (Å²) in [5.41, 5.74) is 11.4. The van der Waals surface area contributed by atoms with Gasteiger partial charge in [-0.3, -0.25) is 9.59 Å². The third kappa shape index (κ3) is 2.71. The number of benzene rings is 2. The number of amidine groups is 2.